The van der Waals surface area contributed by atoms with Gasteiger partial charge in [-0.3, -0.25) is 0 Å². The SMILES string of the molecule is CC[C@]1(O)CC[C@@]2(C)C(=CC[C@H]3[C@@H]4CC[C@H]([C@H](C)[C@@H](O)C(F)(F)F)[C@@]4(C)CC[C@@H]32)C1.CC[C@]1(O)CC[C@@]2(C)[C@@H](CC[C@@H]3[C@@H]2CC[C@]2(C)[C@@H]([C@H](C)[C@@H](O)C(F)(F)F)CC[C@@H]32)C1.CC[C@]1(O)CC[C@@]2(C)[C@@H](CC[C@@H]3[C@@H]2CC[C@]2(C)[C@@H]([C@H](C)[C@@H](O)C(F)(F)F)CC[C@@H]32)C1.CC[C@]1(O)CC[C@]2(C)[C@H]3CC[C@]4(C)[C@@H]([C@H](C)[C@@H](O)C(F)(F)F)CC[C@H]4[C@@H]3CC[C@]2(C)C1.CO.O.O.[Pd]. The monoisotopic (exact) mass is 1910 g/mol. The van der Waals surface area contributed by atoms with Crippen molar-refractivity contribution < 1.29 is 130 Å². The van der Waals surface area contributed by atoms with Gasteiger partial charge in [-0.15, -0.1) is 0 Å². The van der Waals surface area contributed by atoms with Gasteiger partial charge in [0.25, 0.3) is 0 Å². The normalized spacial score (nSPS) is 48.6. The van der Waals surface area contributed by atoms with Crippen molar-refractivity contribution in [1.29, 1.82) is 0 Å². The standard InChI is InChI=1S/C26H43F3O2.2C25H41F3O2.C25H39F3O2.CH4O.2H2O.Pd/c1-6-25(31)14-13-24(5)20-10-12-23(4)18(16(2)21(30)26(27,28)29)7-8-19(23)17(20)9-11-22(24,3)15-25;3*1-5-24(30)13-12-22(3)16(14-24)6-7-17-19-9-8-18(15(2)21(29)25(26,27)28)23(19,4)11-10-20(17)22;1-2;;;/h16-21,30-31H,6-15H2,1-5H3;2*15-21,29-30H,5-14H2,1-4H3;6,15,17-21,29-30H,5,7-14H2,1-4H3;2H,1H3;2*1H2;/t16-,17-,18+,19-,20-,21+,22+,23+,24+,25-;2*15-,16-,17-,18+,19-,20-,21+,22-,23+,24-;15-,17-,18+,19-,20-,21+,22-,23+,24-;;;;/m0000..../s1. The van der Waals surface area contributed by atoms with Crippen LogP contribution in [-0.4, -0.2) is 136 Å². The zero-order valence-electron chi connectivity index (χ0n) is 80.0. The van der Waals surface area contributed by atoms with E-state index in [1.807, 2.05) is 0 Å². The van der Waals surface area contributed by atoms with E-state index in [1.54, 1.807) is 27.7 Å². The molecule has 126 heavy (non-hydrogen) atoms. The summed E-state index contributed by atoms with van der Waals surface area (Å²) in [5.74, 6) is 4.52. The molecule has 0 aromatic heterocycles. The van der Waals surface area contributed by atoms with Crippen molar-refractivity contribution in [3.63, 3.8) is 0 Å². The largest absolute Gasteiger partial charge is 0.414 e. The predicted octanol–water partition coefficient (Wildman–Crippen LogP) is 23.6. The third kappa shape index (κ3) is 18.8. The minimum absolute atomic E-state index is 0. The molecule has 0 bridgehead atoms. The molecule has 11 nitrogen and oxygen atoms in total. The van der Waals surface area contributed by atoms with E-state index < -0.39 is 95.2 Å². The molecule has 16 rings (SSSR count). The van der Waals surface area contributed by atoms with E-state index in [0.29, 0.717) is 82.9 Å². The summed E-state index contributed by atoms with van der Waals surface area (Å²) in [5.41, 5.74) is -0.0667. The van der Waals surface area contributed by atoms with Gasteiger partial charge in [-0.25, -0.2) is 0 Å². The van der Waals surface area contributed by atoms with Crippen LogP contribution in [0.25, 0.3) is 0 Å². The van der Waals surface area contributed by atoms with Crippen molar-refractivity contribution >= 4 is 0 Å². The molecule has 39 atom stereocenters. The van der Waals surface area contributed by atoms with Gasteiger partial charge in [0.15, 0.2) is 24.4 Å². The Hall–Kier alpha value is -0.878. The Kier molecular flexibility index (Phi) is 32.9. The Labute approximate surface area is 763 Å². The molecule has 0 spiro atoms. The van der Waals surface area contributed by atoms with Gasteiger partial charge in [-0.1, -0.05) is 129 Å². The van der Waals surface area contributed by atoms with Crippen molar-refractivity contribution in [3.8, 4) is 0 Å². The Bertz CT molecular complexity index is 3520. The molecule has 16 aliphatic rings. The molecule has 16 aliphatic carbocycles. The van der Waals surface area contributed by atoms with Gasteiger partial charge in [0, 0.05) is 27.5 Å². The van der Waals surface area contributed by atoms with Crippen molar-refractivity contribution in [1.82, 2.24) is 0 Å². The fourth-order valence-electron chi connectivity index (χ4n) is 36.1. The predicted molar refractivity (Wildman–Crippen MR) is 467 cm³/mol. The number of rotatable bonds is 12. The number of aliphatic hydroxyl groups excluding tert-OH is 5. The van der Waals surface area contributed by atoms with Crippen molar-refractivity contribution in [2.45, 2.75) is 440 Å². The molecule has 0 aromatic rings. The average Bonchev–Trinajstić information content (AvgIpc) is 0.846. The number of halogens is 12. The second kappa shape index (κ2) is 38.1. The Morgan fingerprint density at radius 3 is 0.952 bits per heavy atom. The molecule has 15 fully saturated rings. The van der Waals surface area contributed by atoms with Gasteiger partial charge in [-0.2, -0.15) is 52.7 Å². The topological polar surface area (TPSA) is 245 Å². The summed E-state index contributed by atoms with van der Waals surface area (Å²) in [6, 6.07) is 0. The van der Waals surface area contributed by atoms with Crippen LogP contribution in [0.4, 0.5) is 52.7 Å². The molecule has 0 aliphatic heterocycles. The van der Waals surface area contributed by atoms with E-state index in [1.165, 1.54) is 5.57 Å². The third-order valence-electron chi connectivity index (χ3n) is 44.2. The summed E-state index contributed by atoms with van der Waals surface area (Å²) in [5, 5.41) is 90.7. The minimum Gasteiger partial charge on any atom is -0.412 e. The zero-order valence-corrected chi connectivity index (χ0v) is 81.6. The summed E-state index contributed by atoms with van der Waals surface area (Å²) >= 11 is 0. The van der Waals surface area contributed by atoms with Crippen LogP contribution in [0.15, 0.2) is 11.6 Å². The number of allylic oxidation sites excluding steroid dienone is 1. The number of aliphatic hydroxyl groups is 9. The number of alkyl halides is 12. The van der Waals surface area contributed by atoms with E-state index in [9.17, 15) is 93.5 Å². The summed E-state index contributed by atoms with van der Waals surface area (Å²) in [6.07, 6.45) is 13.2. The van der Waals surface area contributed by atoms with E-state index >= 15 is 0 Å². The molecule has 0 heterocycles. The summed E-state index contributed by atoms with van der Waals surface area (Å²) in [6.45, 7) is 35.9. The van der Waals surface area contributed by atoms with Crippen molar-refractivity contribution in [3.05, 3.63) is 11.6 Å². The molecule has 15 saturated carbocycles. The van der Waals surface area contributed by atoms with Crippen LogP contribution in [0.2, 0.25) is 0 Å². The molecule has 0 saturated heterocycles. The fraction of sp³-hybridized carbons (Fsp3) is 0.980. The third-order valence-corrected chi connectivity index (χ3v) is 44.2. The molecular weight excluding hydrogens is 1740 g/mol. The maximum Gasteiger partial charge on any atom is 0.414 e. The molecule has 0 aromatic carbocycles. The van der Waals surface area contributed by atoms with Crippen LogP contribution in [-0.2, 0) is 20.4 Å². The van der Waals surface area contributed by atoms with Gasteiger partial charge < -0.3 is 56.9 Å². The molecule has 0 amide bonds. The zero-order chi connectivity index (χ0) is 91.4. The minimum atomic E-state index is -4.54. The maximum absolute atomic E-state index is 13.3. The second-order valence-electron chi connectivity index (χ2n) is 48.3. The van der Waals surface area contributed by atoms with Crippen LogP contribution >= 0.6 is 0 Å². The first-order valence-electron chi connectivity index (χ1n) is 49.8. The van der Waals surface area contributed by atoms with Crippen LogP contribution in [0, 0.1) is 179 Å². The number of fused-ring (bicyclic) bond motifs is 20. The molecule has 0 unspecified atom stereocenters. The van der Waals surface area contributed by atoms with Gasteiger partial charge in [0.05, 0.1) is 22.4 Å². The summed E-state index contributed by atoms with van der Waals surface area (Å²) in [7, 11) is 1.00. The first kappa shape index (κ1) is 109. The van der Waals surface area contributed by atoms with Gasteiger partial charge >= 0.3 is 24.7 Å². The van der Waals surface area contributed by atoms with Gasteiger partial charge in [0.2, 0.25) is 0 Å². The van der Waals surface area contributed by atoms with Gasteiger partial charge in [0.1, 0.15) is 0 Å². The molecule has 0 radical (unpaired) electrons. The van der Waals surface area contributed by atoms with Gasteiger partial charge in [-0.05, 0) is 429 Å². The van der Waals surface area contributed by atoms with Crippen molar-refractivity contribution in [2.75, 3.05) is 7.11 Å². The Morgan fingerprint density at radius 1 is 0.325 bits per heavy atom. The summed E-state index contributed by atoms with van der Waals surface area (Å²) < 4.78 is 159. The number of hydrogen-bond donors (Lipinski definition) is 9. The van der Waals surface area contributed by atoms with Crippen molar-refractivity contribution in [2.24, 2.45) is 179 Å². The maximum atomic E-state index is 13.3. The Morgan fingerprint density at radius 2 is 0.619 bits per heavy atom. The van der Waals surface area contributed by atoms with E-state index in [2.05, 4.69) is 96.1 Å². The Balaban J connectivity index is 0.000000187. The van der Waals surface area contributed by atoms with E-state index in [-0.39, 0.29) is 104 Å². The van der Waals surface area contributed by atoms with Crippen LogP contribution in [0.5, 0.6) is 0 Å². The first-order valence-corrected chi connectivity index (χ1v) is 49.8. The average molecular weight is 1910 g/mol. The molecule has 24 heteroatoms. The number of hydrogen-bond acceptors (Lipinski definition) is 9. The molecule has 740 valence electrons. The van der Waals surface area contributed by atoms with Crippen LogP contribution < -0.4 is 0 Å². The smallest absolute Gasteiger partial charge is 0.412 e. The first-order chi connectivity index (χ1) is 56.8. The fourth-order valence-corrected chi connectivity index (χ4v) is 36.1. The molecule has 13 N–H and O–H groups in total. The summed E-state index contributed by atoms with van der Waals surface area (Å²) in [4.78, 5) is 0. The van der Waals surface area contributed by atoms with E-state index in [4.69, 9.17) is 5.11 Å². The van der Waals surface area contributed by atoms with Crippen LogP contribution in [0.1, 0.15) is 368 Å². The van der Waals surface area contributed by atoms with E-state index in [0.717, 1.165) is 258 Å². The molecular formula is C102H172F12O11Pd. The quantitative estimate of drug-likeness (QED) is 0.0512. The van der Waals surface area contributed by atoms with Crippen LogP contribution in [0.3, 0.4) is 0 Å². The second-order valence-corrected chi connectivity index (χ2v) is 48.3.